The number of benzene rings is 1. The van der Waals surface area contributed by atoms with Crippen LogP contribution >= 0.6 is 0 Å². The lowest BCUT2D eigenvalue weighted by Crippen LogP contribution is -2.32. The molecule has 1 aromatic rings. The van der Waals surface area contributed by atoms with Gasteiger partial charge in [-0.2, -0.15) is 13.2 Å². The average molecular weight is 286 g/mol. The fourth-order valence-electron chi connectivity index (χ4n) is 2.03. The van der Waals surface area contributed by atoms with E-state index in [0.29, 0.717) is 6.04 Å². The van der Waals surface area contributed by atoms with Crippen molar-refractivity contribution >= 4 is 11.6 Å². The van der Waals surface area contributed by atoms with E-state index in [1.54, 1.807) is 0 Å². The third-order valence-electron chi connectivity index (χ3n) is 3.10. The molecule has 1 amide bonds. The van der Waals surface area contributed by atoms with Gasteiger partial charge in [0.1, 0.15) is 0 Å². The molecule has 0 aromatic heterocycles. The van der Waals surface area contributed by atoms with Gasteiger partial charge in [-0.05, 0) is 31.9 Å². The number of carbonyl (C=O) groups is 1. The van der Waals surface area contributed by atoms with E-state index in [4.69, 9.17) is 0 Å². The number of halogens is 3. The van der Waals surface area contributed by atoms with Crippen molar-refractivity contribution in [3.05, 3.63) is 29.8 Å². The van der Waals surface area contributed by atoms with E-state index in [-0.39, 0.29) is 18.2 Å². The molecule has 0 radical (unpaired) electrons. The summed E-state index contributed by atoms with van der Waals surface area (Å²) < 4.78 is 38.3. The van der Waals surface area contributed by atoms with Gasteiger partial charge in [0.2, 0.25) is 5.91 Å². The minimum atomic E-state index is -4.47. The van der Waals surface area contributed by atoms with E-state index < -0.39 is 17.6 Å². The molecule has 3 nitrogen and oxygen atoms in total. The summed E-state index contributed by atoms with van der Waals surface area (Å²) in [6.45, 7) is 1.85. The smallest absolute Gasteiger partial charge is 0.325 e. The van der Waals surface area contributed by atoms with Crippen LogP contribution in [0.15, 0.2) is 24.3 Å². The van der Waals surface area contributed by atoms with Gasteiger partial charge in [-0.3, -0.25) is 4.79 Å². The molecule has 1 aliphatic rings. The molecule has 2 rings (SSSR count). The summed E-state index contributed by atoms with van der Waals surface area (Å²) in [6.07, 6.45) is -2.11. The lowest BCUT2D eigenvalue weighted by Gasteiger charge is -2.16. The van der Waals surface area contributed by atoms with Crippen molar-refractivity contribution in [1.82, 2.24) is 5.32 Å². The number of hydrogen-bond acceptors (Lipinski definition) is 2. The topological polar surface area (TPSA) is 41.1 Å². The normalized spacial score (nSPS) is 16.8. The fourth-order valence-corrected chi connectivity index (χ4v) is 2.03. The van der Waals surface area contributed by atoms with Crippen LogP contribution in [-0.4, -0.2) is 18.0 Å². The maximum absolute atomic E-state index is 12.8. The lowest BCUT2D eigenvalue weighted by atomic mass is 10.1. The number of alkyl halides is 3. The molecular formula is C14H17F3N2O. The molecule has 0 aliphatic heterocycles. The first-order valence-corrected chi connectivity index (χ1v) is 6.58. The van der Waals surface area contributed by atoms with Crippen molar-refractivity contribution in [1.29, 1.82) is 0 Å². The van der Waals surface area contributed by atoms with Gasteiger partial charge >= 0.3 is 6.18 Å². The summed E-state index contributed by atoms with van der Waals surface area (Å²) >= 11 is 0. The Kier molecular flexibility index (Phi) is 4.32. The Morgan fingerprint density at radius 1 is 1.35 bits per heavy atom. The maximum atomic E-state index is 12.8. The quantitative estimate of drug-likeness (QED) is 0.873. The highest BCUT2D eigenvalue weighted by atomic mass is 19.4. The predicted octanol–water partition coefficient (Wildman–Crippen LogP) is 3.17. The Morgan fingerprint density at radius 3 is 2.60 bits per heavy atom. The molecule has 0 saturated heterocycles. The number of carbonyl (C=O) groups excluding carboxylic acids is 1. The molecule has 1 aliphatic carbocycles. The second-order valence-corrected chi connectivity index (χ2v) is 5.14. The van der Waals surface area contributed by atoms with Gasteiger partial charge in [-0.15, -0.1) is 0 Å². The van der Waals surface area contributed by atoms with Gasteiger partial charge in [-0.25, -0.2) is 0 Å². The van der Waals surface area contributed by atoms with E-state index >= 15 is 0 Å². The van der Waals surface area contributed by atoms with Crippen LogP contribution in [0.25, 0.3) is 0 Å². The molecular weight excluding hydrogens is 269 g/mol. The van der Waals surface area contributed by atoms with Gasteiger partial charge in [0.05, 0.1) is 11.3 Å². The highest BCUT2D eigenvalue weighted by molar-refractivity contribution is 5.92. The SMILES string of the molecule is CC(CC(=O)Nc1ccccc1C(F)(F)F)NC1CC1. The zero-order valence-electron chi connectivity index (χ0n) is 11.1. The zero-order valence-corrected chi connectivity index (χ0v) is 11.1. The number of rotatable bonds is 5. The zero-order chi connectivity index (χ0) is 14.8. The number of anilines is 1. The van der Waals surface area contributed by atoms with E-state index in [1.165, 1.54) is 18.2 Å². The Labute approximate surface area is 115 Å². The molecule has 1 atom stereocenters. The molecule has 0 bridgehead atoms. The van der Waals surface area contributed by atoms with Crippen LogP contribution < -0.4 is 10.6 Å². The molecule has 20 heavy (non-hydrogen) atoms. The third kappa shape index (κ3) is 4.23. The summed E-state index contributed by atoms with van der Waals surface area (Å²) in [6, 6.07) is 5.41. The van der Waals surface area contributed by atoms with Gasteiger partial charge < -0.3 is 10.6 Å². The van der Waals surface area contributed by atoms with E-state index in [9.17, 15) is 18.0 Å². The summed E-state index contributed by atoms with van der Waals surface area (Å²) in [5, 5.41) is 5.57. The van der Waals surface area contributed by atoms with Crippen LogP contribution in [0.1, 0.15) is 31.7 Å². The first-order chi connectivity index (χ1) is 9.36. The van der Waals surface area contributed by atoms with Gasteiger partial charge in [0.15, 0.2) is 0 Å². The molecule has 1 aromatic carbocycles. The second-order valence-electron chi connectivity index (χ2n) is 5.14. The second kappa shape index (κ2) is 5.83. The maximum Gasteiger partial charge on any atom is 0.418 e. The number of hydrogen-bond donors (Lipinski definition) is 2. The minimum Gasteiger partial charge on any atom is -0.325 e. The largest absolute Gasteiger partial charge is 0.418 e. The Morgan fingerprint density at radius 2 is 2.00 bits per heavy atom. The third-order valence-corrected chi connectivity index (χ3v) is 3.10. The van der Waals surface area contributed by atoms with Crippen LogP contribution in [-0.2, 0) is 11.0 Å². The molecule has 0 heterocycles. The first kappa shape index (κ1) is 14.8. The predicted molar refractivity (Wildman–Crippen MR) is 70.3 cm³/mol. The Bertz CT molecular complexity index is 484. The van der Waals surface area contributed by atoms with Crippen molar-refractivity contribution < 1.29 is 18.0 Å². The van der Waals surface area contributed by atoms with Crippen LogP contribution in [0.2, 0.25) is 0 Å². The van der Waals surface area contributed by atoms with Crippen molar-refractivity contribution in [2.75, 3.05) is 5.32 Å². The fraction of sp³-hybridized carbons (Fsp3) is 0.500. The Hall–Kier alpha value is -1.56. The van der Waals surface area contributed by atoms with E-state index in [1.807, 2.05) is 6.92 Å². The summed E-state index contributed by atoms with van der Waals surface area (Å²) in [5.41, 5.74) is -1.01. The lowest BCUT2D eigenvalue weighted by molar-refractivity contribution is -0.137. The molecule has 110 valence electrons. The van der Waals surface area contributed by atoms with Crippen molar-refractivity contribution in [3.8, 4) is 0 Å². The van der Waals surface area contributed by atoms with E-state index in [2.05, 4.69) is 10.6 Å². The summed E-state index contributed by atoms with van der Waals surface area (Å²) in [5.74, 6) is -0.414. The standard InChI is InChI=1S/C14H17F3N2O/c1-9(18-10-6-7-10)8-13(20)19-12-5-3-2-4-11(12)14(15,16)17/h2-5,9-10,18H,6-8H2,1H3,(H,19,20). The van der Waals surface area contributed by atoms with Crippen LogP contribution in [0.3, 0.4) is 0 Å². The van der Waals surface area contributed by atoms with E-state index in [0.717, 1.165) is 18.9 Å². The first-order valence-electron chi connectivity index (χ1n) is 6.58. The highest BCUT2D eigenvalue weighted by Gasteiger charge is 2.33. The number of amides is 1. The summed E-state index contributed by atoms with van der Waals surface area (Å²) in [7, 11) is 0. The molecule has 1 unspecified atom stereocenters. The van der Waals surface area contributed by atoms with Gasteiger partial charge in [0.25, 0.3) is 0 Å². The van der Waals surface area contributed by atoms with Crippen LogP contribution in [0.5, 0.6) is 0 Å². The molecule has 1 saturated carbocycles. The van der Waals surface area contributed by atoms with Gasteiger partial charge in [0, 0.05) is 18.5 Å². The number of nitrogens with one attached hydrogen (secondary N) is 2. The van der Waals surface area contributed by atoms with Gasteiger partial charge in [-0.1, -0.05) is 12.1 Å². The van der Waals surface area contributed by atoms with Crippen molar-refractivity contribution in [2.24, 2.45) is 0 Å². The van der Waals surface area contributed by atoms with Crippen LogP contribution in [0, 0.1) is 0 Å². The molecule has 1 fully saturated rings. The van der Waals surface area contributed by atoms with Crippen molar-refractivity contribution in [2.45, 2.75) is 44.4 Å². The number of para-hydroxylation sites is 1. The molecule has 6 heteroatoms. The Balaban J connectivity index is 1.96. The monoisotopic (exact) mass is 286 g/mol. The minimum absolute atomic E-state index is 0.0412. The van der Waals surface area contributed by atoms with Crippen LogP contribution in [0.4, 0.5) is 18.9 Å². The highest BCUT2D eigenvalue weighted by Crippen LogP contribution is 2.34. The average Bonchev–Trinajstić information content (AvgIpc) is 3.11. The molecule has 2 N–H and O–H groups in total. The summed E-state index contributed by atoms with van der Waals surface area (Å²) in [4.78, 5) is 11.8. The van der Waals surface area contributed by atoms with Crippen molar-refractivity contribution in [3.63, 3.8) is 0 Å². The molecule has 0 spiro atoms.